The molecule has 0 bridgehead atoms. The lowest BCUT2D eigenvalue weighted by atomic mass is 10.0. The van der Waals surface area contributed by atoms with Gasteiger partial charge in [0.2, 0.25) is 5.91 Å². The van der Waals surface area contributed by atoms with E-state index in [4.69, 9.17) is 9.47 Å². The fourth-order valence-electron chi connectivity index (χ4n) is 3.34. The third-order valence-electron chi connectivity index (χ3n) is 4.93. The molecule has 2 unspecified atom stereocenters. The highest BCUT2D eigenvalue weighted by Crippen LogP contribution is 2.20. The summed E-state index contributed by atoms with van der Waals surface area (Å²) in [5.41, 5.74) is 2.25. The molecule has 0 aliphatic carbocycles. The molecule has 2 aromatic rings. The Balaban J connectivity index is 1.65. The van der Waals surface area contributed by atoms with Gasteiger partial charge in [-0.05, 0) is 23.6 Å². The molecule has 1 aliphatic rings. The van der Waals surface area contributed by atoms with Crippen LogP contribution in [0.5, 0.6) is 0 Å². The van der Waals surface area contributed by atoms with Crippen molar-refractivity contribution >= 4 is 5.91 Å². The van der Waals surface area contributed by atoms with Gasteiger partial charge in [0.05, 0.1) is 32.0 Å². The second-order valence-electron chi connectivity index (χ2n) is 7.07. The summed E-state index contributed by atoms with van der Waals surface area (Å²) in [5.74, 6) is 0.0429. The van der Waals surface area contributed by atoms with Gasteiger partial charge in [0.1, 0.15) is 0 Å². The molecule has 4 nitrogen and oxygen atoms in total. The first-order chi connectivity index (χ1) is 13.8. The zero-order valence-electron chi connectivity index (χ0n) is 16.5. The normalized spacial score (nSPS) is 19.2. The van der Waals surface area contributed by atoms with Crippen LogP contribution in [-0.4, -0.2) is 36.1 Å². The van der Waals surface area contributed by atoms with Crippen molar-refractivity contribution < 1.29 is 14.3 Å². The molecule has 3 rings (SSSR count). The topological polar surface area (TPSA) is 38.8 Å². The molecule has 0 N–H and O–H groups in total. The van der Waals surface area contributed by atoms with E-state index in [1.807, 2.05) is 71.6 Å². The smallest absolute Gasteiger partial charge is 0.246 e. The van der Waals surface area contributed by atoms with E-state index < -0.39 is 0 Å². The number of hydrogen-bond acceptors (Lipinski definition) is 3. The predicted octanol–water partition coefficient (Wildman–Crippen LogP) is 4.36. The van der Waals surface area contributed by atoms with Crippen LogP contribution in [0.15, 0.2) is 72.8 Å². The number of carbonyl (C=O) groups is 1. The first-order valence-electron chi connectivity index (χ1n) is 10.0. The van der Waals surface area contributed by atoms with Crippen molar-refractivity contribution in [3.63, 3.8) is 0 Å². The fourth-order valence-corrected chi connectivity index (χ4v) is 3.34. The minimum atomic E-state index is -0.175. The molecular formula is C24H29NO3. The van der Waals surface area contributed by atoms with E-state index in [1.54, 1.807) is 6.08 Å². The van der Waals surface area contributed by atoms with Gasteiger partial charge in [-0.15, -0.1) is 0 Å². The number of benzene rings is 2. The largest absolute Gasteiger partial charge is 0.375 e. The van der Waals surface area contributed by atoms with E-state index in [1.165, 1.54) is 0 Å². The van der Waals surface area contributed by atoms with Gasteiger partial charge in [-0.25, -0.2) is 0 Å². The van der Waals surface area contributed by atoms with Crippen molar-refractivity contribution in [2.75, 3.05) is 13.2 Å². The Morgan fingerprint density at radius 2 is 1.57 bits per heavy atom. The standard InChI is InChI=1S/C24H29NO3/c1-2-3-16-25-22(19-27-17-20-10-6-4-7-11-20)23(14-15-24(25)26)28-18-21-12-8-5-9-13-21/h4-15,22-23H,2-3,16-19H2,1H3. The Bertz CT molecular complexity index is 745. The highest BCUT2D eigenvalue weighted by Gasteiger charge is 2.33. The van der Waals surface area contributed by atoms with Crippen molar-refractivity contribution in [1.29, 1.82) is 0 Å². The minimum absolute atomic E-state index is 0.0429. The summed E-state index contributed by atoms with van der Waals surface area (Å²) >= 11 is 0. The predicted molar refractivity (Wildman–Crippen MR) is 111 cm³/mol. The lowest BCUT2D eigenvalue weighted by Gasteiger charge is -2.38. The molecule has 1 amide bonds. The average Bonchev–Trinajstić information content (AvgIpc) is 2.74. The third kappa shape index (κ3) is 5.78. The maximum atomic E-state index is 12.5. The van der Waals surface area contributed by atoms with Crippen LogP contribution in [0, 0.1) is 0 Å². The lowest BCUT2D eigenvalue weighted by molar-refractivity contribution is -0.136. The number of unbranched alkanes of at least 4 members (excludes halogenated alkanes) is 1. The van der Waals surface area contributed by atoms with Gasteiger partial charge in [0.15, 0.2) is 0 Å². The van der Waals surface area contributed by atoms with Gasteiger partial charge >= 0.3 is 0 Å². The molecule has 2 aromatic carbocycles. The lowest BCUT2D eigenvalue weighted by Crippen LogP contribution is -2.52. The summed E-state index contributed by atoms with van der Waals surface area (Å²) in [6, 6.07) is 20.1. The molecule has 0 radical (unpaired) electrons. The SMILES string of the molecule is CCCCN1C(=O)C=CC(OCc2ccccc2)C1COCc1ccccc1. The summed E-state index contributed by atoms with van der Waals surface area (Å²) < 4.78 is 12.2. The molecule has 28 heavy (non-hydrogen) atoms. The summed E-state index contributed by atoms with van der Waals surface area (Å²) in [5, 5.41) is 0. The minimum Gasteiger partial charge on any atom is -0.375 e. The fraction of sp³-hybridized carbons (Fsp3) is 0.375. The second kappa shape index (κ2) is 10.8. The zero-order valence-corrected chi connectivity index (χ0v) is 16.5. The number of nitrogens with zero attached hydrogens (tertiary/aromatic N) is 1. The van der Waals surface area contributed by atoms with Crippen molar-refractivity contribution in [3.8, 4) is 0 Å². The maximum Gasteiger partial charge on any atom is 0.246 e. The van der Waals surface area contributed by atoms with E-state index in [2.05, 4.69) is 6.92 Å². The summed E-state index contributed by atoms with van der Waals surface area (Å²) in [7, 11) is 0. The third-order valence-corrected chi connectivity index (χ3v) is 4.93. The van der Waals surface area contributed by atoms with E-state index in [0.717, 1.165) is 30.5 Å². The van der Waals surface area contributed by atoms with Crippen LogP contribution in [0.25, 0.3) is 0 Å². The Kier molecular flexibility index (Phi) is 7.82. The zero-order chi connectivity index (χ0) is 19.6. The molecular weight excluding hydrogens is 350 g/mol. The van der Waals surface area contributed by atoms with Gasteiger partial charge < -0.3 is 14.4 Å². The first kappa shape index (κ1) is 20.3. The highest BCUT2D eigenvalue weighted by atomic mass is 16.5. The number of hydrogen-bond donors (Lipinski definition) is 0. The van der Waals surface area contributed by atoms with Crippen molar-refractivity contribution in [1.82, 2.24) is 4.90 Å². The molecule has 0 spiro atoms. The highest BCUT2D eigenvalue weighted by molar-refractivity contribution is 5.89. The maximum absolute atomic E-state index is 12.5. The summed E-state index contributed by atoms with van der Waals surface area (Å²) in [6.45, 7) is 4.36. The van der Waals surface area contributed by atoms with E-state index >= 15 is 0 Å². The molecule has 1 heterocycles. The molecule has 148 valence electrons. The van der Waals surface area contributed by atoms with Gasteiger partial charge in [-0.3, -0.25) is 4.79 Å². The van der Waals surface area contributed by atoms with Crippen LogP contribution < -0.4 is 0 Å². The molecule has 0 fully saturated rings. The van der Waals surface area contributed by atoms with Crippen molar-refractivity contribution in [3.05, 3.63) is 83.9 Å². The van der Waals surface area contributed by atoms with Crippen LogP contribution in [0.4, 0.5) is 0 Å². The summed E-state index contributed by atoms with van der Waals surface area (Å²) in [6.07, 6.45) is 5.36. The molecule has 0 saturated carbocycles. The summed E-state index contributed by atoms with van der Waals surface area (Å²) in [4.78, 5) is 14.4. The molecule has 2 atom stereocenters. The van der Waals surface area contributed by atoms with Crippen molar-refractivity contribution in [2.45, 2.75) is 45.1 Å². The van der Waals surface area contributed by atoms with E-state index in [-0.39, 0.29) is 18.1 Å². The molecule has 4 heteroatoms. The Hall–Kier alpha value is -2.43. The molecule has 1 aliphatic heterocycles. The monoisotopic (exact) mass is 379 g/mol. The van der Waals surface area contributed by atoms with Gasteiger partial charge in [-0.2, -0.15) is 0 Å². The Morgan fingerprint density at radius 3 is 2.21 bits per heavy atom. The van der Waals surface area contributed by atoms with Crippen LogP contribution in [0.2, 0.25) is 0 Å². The first-order valence-corrected chi connectivity index (χ1v) is 10.0. The van der Waals surface area contributed by atoms with E-state index in [9.17, 15) is 4.79 Å². The van der Waals surface area contributed by atoms with Gasteiger partial charge in [0.25, 0.3) is 0 Å². The number of amides is 1. The van der Waals surface area contributed by atoms with Crippen molar-refractivity contribution in [2.24, 2.45) is 0 Å². The molecule has 0 aromatic heterocycles. The van der Waals surface area contributed by atoms with Crippen LogP contribution in [0.3, 0.4) is 0 Å². The average molecular weight is 380 g/mol. The Labute approximate surface area is 167 Å². The quantitative estimate of drug-likeness (QED) is 0.616. The van der Waals surface area contributed by atoms with E-state index in [0.29, 0.717) is 19.8 Å². The van der Waals surface area contributed by atoms with Crippen LogP contribution >= 0.6 is 0 Å². The van der Waals surface area contributed by atoms with Crippen LogP contribution in [0.1, 0.15) is 30.9 Å². The second-order valence-corrected chi connectivity index (χ2v) is 7.07. The number of rotatable bonds is 10. The Morgan fingerprint density at radius 1 is 0.929 bits per heavy atom. The molecule has 0 saturated heterocycles. The van der Waals surface area contributed by atoms with Gasteiger partial charge in [-0.1, -0.05) is 74.0 Å². The number of ether oxygens (including phenoxy) is 2. The number of carbonyl (C=O) groups excluding carboxylic acids is 1. The van der Waals surface area contributed by atoms with Gasteiger partial charge in [0, 0.05) is 12.6 Å². The van der Waals surface area contributed by atoms with Crippen LogP contribution in [-0.2, 0) is 27.5 Å².